The predicted molar refractivity (Wildman–Crippen MR) is 91.5 cm³/mol. The summed E-state index contributed by atoms with van der Waals surface area (Å²) in [6, 6.07) is 9.72. The molecule has 0 saturated heterocycles. The van der Waals surface area contributed by atoms with Crippen molar-refractivity contribution >= 4 is 22.8 Å². The highest BCUT2D eigenvalue weighted by Crippen LogP contribution is 2.37. The number of nitrogens with one attached hydrogen (secondary N) is 1. The van der Waals surface area contributed by atoms with Gasteiger partial charge in [0.1, 0.15) is 11.1 Å². The minimum atomic E-state index is -0.447. The number of halogens is 1. The molecule has 5 nitrogen and oxygen atoms in total. The van der Waals surface area contributed by atoms with Gasteiger partial charge in [0, 0.05) is 17.8 Å². The number of thioether (sulfide) groups is 1. The van der Waals surface area contributed by atoms with E-state index in [0.717, 1.165) is 5.56 Å². The minimum Gasteiger partial charge on any atom is -0.481 e. The third-order valence-electron chi connectivity index (χ3n) is 3.65. The Bertz CT molecular complexity index is 797. The van der Waals surface area contributed by atoms with Crippen molar-refractivity contribution in [3.8, 4) is 5.88 Å². The minimum absolute atomic E-state index is 0.253. The third kappa shape index (κ3) is 3.41. The van der Waals surface area contributed by atoms with Crippen LogP contribution in [0.15, 0.2) is 47.6 Å². The van der Waals surface area contributed by atoms with E-state index in [1.165, 1.54) is 24.9 Å². The summed E-state index contributed by atoms with van der Waals surface area (Å²) in [7, 11) is 1.52. The highest BCUT2D eigenvalue weighted by Gasteiger charge is 2.31. The molecule has 24 heavy (non-hydrogen) atoms. The molecule has 124 valence electrons. The maximum Gasteiger partial charge on any atom is 0.266 e. The number of amides is 1. The fourth-order valence-electron chi connectivity index (χ4n) is 2.41. The zero-order valence-corrected chi connectivity index (χ0v) is 14.0. The quantitative estimate of drug-likeness (QED) is 0.921. The van der Waals surface area contributed by atoms with Crippen molar-refractivity contribution < 1.29 is 13.9 Å². The van der Waals surface area contributed by atoms with E-state index in [1.54, 1.807) is 36.5 Å². The molecule has 0 fully saturated rings. The average Bonchev–Trinajstić information content (AvgIpc) is 2.95. The Morgan fingerprint density at radius 2 is 2.12 bits per heavy atom. The van der Waals surface area contributed by atoms with E-state index < -0.39 is 5.25 Å². The molecule has 0 spiro atoms. The molecule has 0 aliphatic carbocycles. The number of methoxy groups -OCH3 is 1. The number of hydrogen-bond acceptors (Lipinski definition) is 5. The number of aromatic nitrogens is 1. The van der Waals surface area contributed by atoms with Gasteiger partial charge in [0.2, 0.25) is 5.88 Å². The number of amidine groups is 1. The van der Waals surface area contributed by atoms with Gasteiger partial charge in [-0.1, -0.05) is 30.0 Å². The van der Waals surface area contributed by atoms with Gasteiger partial charge in [-0.2, -0.15) is 4.99 Å². The Morgan fingerprint density at radius 1 is 1.33 bits per heavy atom. The Morgan fingerprint density at radius 3 is 2.88 bits per heavy atom. The molecule has 1 aromatic carbocycles. The fourth-order valence-corrected chi connectivity index (χ4v) is 3.46. The highest BCUT2D eigenvalue weighted by molar-refractivity contribution is 8.15. The summed E-state index contributed by atoms with van der Waals surface area (Å²) in [5.41, 5.74) is 1.30. The number of benzene rings is 1. The summed E-state index contributed by atoms with van der Waals surface area (Å²) in [4.78, 5) is 20.3. The number of aliphatic imine (C=N–C) groups is 1. The molecule has 1 aliphatic rings. The van der Waals surface area contributed by atoms with Crippen LogP contribution >= 0.6 is 11.8 Å². The van der Waals surface area contributed by atoms with Crippen molar-refractivity contribution in [2.24, 2.45) is 4.99 Å². The lowest BCUT2D eigenvalue weighted by molar-refractivity contribution is -0.117. The molecule has 3 rings (SSSR count). The number of pyridine rings is 1. The molecule has 0 bridgehead atoms. The lowest BCUT2D eigenvalue weighted by atomic mass is 10.1. The molecule has 1 N–H and O–H groups in total. The van der Waals surface area contributed by atoms with Crippen LogP contribution in [0.25, 0.3) is 0 Å². The van der Waals surface area contributed by atoms with Crippen LogP contribution < -0.4 is 10.1 Å². The van der Waals surface area contributed by atoms with Crippen molar-refractivity contribution in [1.82, 2.24) is 10.3 Å². The van der Waals surface area contributed by atoms with E-state index in [9.17, 15) is 9.18 Å². The van der Waals surface area contributed by atoms with E-state index in [2.05, 4.69) is 15.3 Å². The van der Waals surface area contributed by atoms with Crippen LogP contribution in [0.1, 0.15) is 29.3 Å². The van der Waals surface area contributed by atoms with Crippen LogP contribution in [-0.4, -0.2) is 23.2 Å². The van der Waals surface area contributed by atoms with Gasteiger partial charge < -0.3 is 10.1 Å². The second-order valence-electron chi connectivity index (χ2n) is 5.27. The van der Waals surface area contributed by atoms with Gasteiger partial charge in [-0.3, -0.25) is 4.79 Å². The van der Waals surface area contributed by atoms with Crippen molar-refractivity contribution in [2.75, 3.05) is 7.11 Å². The van der Waals surface area contributed by atoms with Crippen LogP contribution in [0, 0.1) is 5.82 Å². The molecule has 0 saturated carbocycles. The molecule has 1 aromatic heterocycles. The summed E-state index contributed by atoms with van der Waals surface area (Å²) in [6.45, 7) is 1.83. The average molecular weight is 345 g/mol. The molecule has 1 unspecified atom stereocenters. The predicted octanol–water partition coefficient (Wildman–Crippen LogP) is 3.25. The maximum absolute atomic E-state index is 13.8. The van der Waals surface area contributed by atoms with Crippen molar-refractivity contribution in [1.29, 1.82) is 0 Å². The summed E-state index contributed by atoms with van der Waals surface area (Å²) in [5, 5.41) is 3.14. The Balaban J connectivity index is 1.72. The van der Waals surface area contributed by atoms with Crippen LogP contribution in [0.5, 0.6) is 5.88 Å². The largest absolute Gasteiger partial charge is 0.481 e. The van der Waals surface area contributed by atoms with Crippen molar-refractivity contribution in [2.45, 2.75) is 18.2 Å². The zero-order valence-electron chi connectivity index (χ0n) is 13.2. The summed E-state index contributed by atoms with van der Waals surface area (Å²) < 4.78 is 18.9. The number of ether oxygens (including phenoxy) is 1. The van der Waals surface area contributed by atoms with Crippen LogP contribution in [0.3, 0.4) is 0 Å². The van der Waals surface area contributed by atoms with E-state index in [-0.39, 0.29) is 17.8 Å². The van der Waals surface area contributed by atoms with E-state index >= 15 is 0 Å². The maximum atomic E-state index is 13.8. The van der Waals surface area contributed by atoms with Gasteiger partial charge >= 0.3 is 0 Å². The van der Waals surface area contributed by atoms with Gasteiger partial charge in [0.05, 0.1) is 13.2 Å². The SMILES string of the molecule is COc1cc(C2SC(N[C@@H](C)c3ccccc3F)=NC2=O)ccn1. The van der Waals surface area contributed by atoms with E-state index in [1.807, 2.05) is 6.92 Å². The fraction of sp³-hybridized carbons (Fsp3) is 0.235. The van der Waals surface area contributed by atoms with Crippen LogP contribution in [-0.2, 0) is 4.79 Å². The second-order valence-corrected chi connectivity index (χ2v) is 6.37. The molecular weight excluding hydrogens is 329 g/mol. The first kappa shape index (κ1) is 16.4. The Labute approximate surface area is 143 Å². The molecule has 0 radical (unpaired) electrons. The number of carbonyl (C=O) groups is 1. The first-order valence-corrected chi connectivity index (χ1v) is 8.26. The van der Waals surface area contributed by atoms with Gasteiger partial charge in [0.15, 0.2) is 5.17 Å². The monoisotopic (exact) mass is 345 g/mol. The molecule has 1 aliphatic heterocycles. The molecule has 2 heterocycles. The third-order valence-corrected chi connectivity index (χ3v) is 4.79. The van der Waals surface area contributed by atoms with E-state index in [0.29, 0.717) is 16.6 Å². The number of nitrogens with zero attached hydrogens (tertiary/aromatic N) is 2. The molecule has 7 heteroatoms. The highest BCUT2D eigenvalue weighted by atomic mass is 32.2. The van der Waals surface area contributed by atoms with Gasteiger partial charge in [-0.25, -0.2) is 9.37 Å². The summed E-state index contributed by atoms with van der Waals surface area (Å²) in [5.74, 6) is -0.0960. The standard InChI is InChI=1S/C17H16FN3O2S/c1-10(12-5-3-4-6-13(12)18)20-17-21-16(22)15(24-17)11-7-8-19-14(9-11)23-2/h3-10,15H,1-2H3,(H,20,21,22)/t10-,15?/m0/s1. The smallest absolute Gasteiger partial charge is 0.266 e. The van der Waals surface area contributed by atoms with Crippen molar-refractivity contribution in [3.63, 3.8) is 0 Å². The molecule has 2 atom stereocenters. The van der Waals surface area contributed by atoms with Crippen molar-refractivity contribution in [3.05, 3.63) is 59.5 Å². The summed E-state index contributed by atoms with van der Waals surface area (Å²) >= 11 is 1.30. The van der Waals surface area contributed by atoms with E-state index in [4.69, 9.17) is 4.74 Å². The second kappa shape index (κ2) is 7.00. The Hall–Kier alpha value is -2.41. The van der Waals surface area contributed by atoms with Gasteiger partial charge in [-0.05, 0) is 24.6 Å². The number of hydrogen-bond donors (Lipinski definition) is 1. The van der Waals surface area contributed by atoms with Crippen LogP contribution in [0.4, 0.5) is 4.39 Å². The number of carbonyl (C=O) groups excluding carboxylic acids is 1. The topological polar surface area (TPSA) is 63.6 Å². The normalized spacial score (nSPS) is 18.2. The molecular formula is C17H16FN3O2S. The first-order chi connectivity index (χ1) is 11.6. The molecule has 1 amide bonds. The zero-order chi connectivity index (χ0) is 17.1. The lowest BCUT2D eigenvalue weighted by Crippen LogP contribution is -2.23. The first-order valence-electron chi connectivity index (χ1n) is 7.38. The number of rotatable bonds is 4. The van der Waals surface area contributed by atoms with Crippen LogP contribution in [0.2, 0.25) is 0 Å². The Kier molecular flexibility index (Phi) is 4.80. The lowest BCUT2D eigenvalue weighted by Gasteiger charge is -2.16. The van der Waals surface area contributed by atoms with Gasteiger partial charge in [0.25, 0.3) is 5.91 Å². The van der Waals surface area contributed by atoms with Gasteiger partial charge in [-0.15, -0.1) is 0 Å². The summed E-state index contributed by atoms with van der Waals surface area (Å²) in [6.07, 6.45) is 1.59. The molecule has 2 aromatic rings.